The van der Waals surface area contributed by atoms with Crippen LogP contribution in [0.2, 0.25) is 5.02 Å². The van der Waals surface area contributed by atoms with E-state index < -0.39 is 11.6 Å². The van der Waals surface area contributed by atoms with Gasteiger partial charge in [-0.3, -0.25) is 14.2 Å². The number of fused-ring (bicyclic) bond motifs is 3. The van der Waals surface area contributed by atoms with Gasteiger partial charge in [-0.15, -0.1) is 16.4 Å². The molecule has 0 spiro atoms. The van der Waals surface area contributed by atoms with Crippen molar-refractivity contribution < 1.29 is 4.79 Å². The number of nitrogens with one attached hydrogen (secondary N) is 1. The average Bonchev–Trinajstić information content (AvgIpc) is 3.29. The molecule has 1 N–H and O–H groups in total. The van der Waals surface area contributed by atoms with Crippen molar-refractivity contribution in [3.63, 3.8) is 0 Å². The smallest absolute Gasteiger partial charge is 0.324 e. The highest BCUT2D eigenvalue weighted by Crippen LogP contribution is 2.17. The van der Waals surface area contributed by atoms with Crippen molar-refractivity contribution in [3.05, 3.63) is 61.6 Å². The fourth-order valence-electron chi connectivity index (χ4n) is 3.12. The number of benzene rings is 1. The van der Waals surface area contributed by atoms with E-state index in [4.69, 9.17) is 11.6 Å². The Morgan fingerprint density at radius 3 is 2.69 bits per heavy atom. The van der Waals surface area contributed by atoms with Crippen LogP contribution in [-0.2, 0) is 17.9 Å². The summed E-state index contributed by atoms with van der Waals surface area (Å²) in [4.78, 5) is 38.2. The predicted octanol–water partition coefficient (Wildman–Crippen LogP) is 2.96. The summed E-state index contributed by atoms with van der Waals surface area (Å²) in [6, 6.07) is 8.38. The number of hydrogen-bond acceptors (Lipinski definition) is 5. The van der Waals surface area contributed by atoms with Gasteiger partial charge in [-0.25, -0.2) is 13.9 Å². The normalized spacial score (nSPS) is 11.4. The van der Waals surface area contributed by atoms with Gasteiger partial charge in [-0.05, 0) is 42.1 Å². The zero-order chi connectivity index (χ0) is 20.5. The highest BCUT2D eigenvalue weighted by molar-refractivity contribution is 7.17. The van der Waals surface area contributed by atoms with E-state index in [-0.39, 0.29) is 17.9 Å². The lowest BCUT2D eigenvalue weighted by atomic mass is 10.3. The second-order valence-corrected chi connectivity index (χ2v) is 7.93. The van der Waals surface area contributed by atoms with Gasteiger partial charge < -0.3 is 5.32 Å². The maximum Gasteiger partial charge on any atom is 0.352 e. The maximum atomic E-state index is 13.0. The van der Waals surface area contributed by atoms with Gasteiger partial charge in [0.25, 0.3) is 5.56 Å². The van der Waals surface area contributed by atoms with Crippen LogP contribution >= 0.6 is 22.9 Å². The van der Waals surface area contributed by atoms with E-state index >= 15 is 0 Å². The Hall–Kier alpha value is -2.91. The number of anilines is 1. The molecule has 0 saturated heterocycles. The van der Waals surface area contributed by atoms with Crippen LogP contribution in [0.5, 0.6) is 0 Å². The molecule has 0 atom stereocenters. The Morgan fingerprint density at radius 2 is 1.97 bits per heavy atom. The summed E-state index contributed by atoms with van der Waals surface area (Å²) < 4.78 is 4.50. The number of rotatable bonds is 6. The summed E-state index contributed by atoms with van der Waals surface area (Å²) in [5, 5.41) is 9.34. The molecule has 0 fully saturated rings. The van der Waals surface area contributed by atoms with Gasteiger partial charge in [-0.1, -0.05) is 24.9 Å². The summed E-state index contributed by atoms with van der Waals surface area (Å²) in [6.45, 7) is 2.22. The van der Waals surface area contributed by atoms with Gasteiger partial charge in [0.2, 0.25) is 11.7 Å². The zero-order valence-electron chi connectivity index (χ0n) is 15.6. The molecule has 4 rings (SSSR count). The van der Waals surface area contributed by atoms with Crippen LogP contribution in [0, 0.1) is 0 Å². The van der Waals surface area contributed by atoms with Gasteiger partial charge in [0, 0.05) is 17.3 Å². The van der Waals surface area contributed by atoms with Crippen LogP contribution in [-0.4, -0.2) is 24.7 Å². The first-order valence-corrected chi connectivity index (χ1v) is 10.4. The van der Waals surface area contributed by atoms with Crippen LogP contribution < -0.4 is 16.6 Å². The topological polar surface area (TPSA) is 90.4 Å². The monoisotopic (exact) mass is 431 g/mol. The number of unbranched alkanes of at least 4 members (excludes halogenated alkanes) is 1. The lowest BCUT2D eigenvalue weighted by Crippen LogP contribution is -2.29. The second-order valence-electron chi connectivity index (χ2n) is 6.58. The number of hydrogen-bond donors (Lipinski definition) is 1. The van der Waals surface area contributed by atoms with Crippen LogP contribution in [0.25, 0.3) is 16.0 Å². The molecule has 0 aliphatic carbocycles. The molecule has 3 aromatic heterocycles. The zero-order valence-corrected chi connectivity index (χ0v) is 17.2. The second kappa shape index (κ2) is 7.84. The van der Waals surface area contributed by atoms with Crippen LogP contribution in [0.4, 0.5) is 5.69 Å². The van der Waals surface area contributed by atoms with Crippen LogP contribution in [0.3, 0.4) is 0 Å². The largest absolute Gasteiger partial charge is 0.352 e. The lowest BCUT2D eigenvalue weighted by Gasteiger charge is -2.06. The number of aryl methyl sites for hydroxylation is 1. The molecular weight excluding hydrogens is 414 g/mol. The van der Waals surface area contributed by atoms with Crippen molar-refractivity contribution in [1.29, 1.82) is 0 Å². The van der Waals surface area contributed by atoms with E-state index in [1.54, 1.807) is 35.7 Å². The molecule has 29 heavy (non-hydrogen) atoms. The van der Waals surface area contributed by atoms with Crippen molar-refractivity contribution in [3.8, 4) is 0 Å². The SMILES string of the molecule is CCCCn1c(=O)c2sccc2n2c(=O)n(CC(=O)Nc3ccc(Cl)cc3)nc12. The predicted molar refractivity (Wildman–Crippen MR) is 114 cm³/mol. The van der Waals surface area contributed by atoms with Crippen molar-refractivity contribution in [2.24, 2.45) is 0 Å². The highest BCUT2D eigenvalue weighted by Gasteiger charge is 2.19. The Labute approximate surface area is 174 Å². The number of aromatic nitrogens is 4. The third-order valence-electron chi connectivity index (χ3n) is 4.55. The van der Waals surface area contributed by atoms with E-state index in [9.17, 15) is 14.4 Å². The van der Waals surface area contributed by atoms with Crippen LogP contribution in [0.1, 0.15) is 19.8 Å². The van der Waals surface area contributed by atoms with E-state index in [0.717, 1.165) is 17.5 Å². The average molecular weight is 432 g/mol. The van der Waals surface area contributed by atoms with Gasteiger partial charge >= 0.3 is 5.69 Å². The number of amides is 1. The molecule has 8 nitrogen and oxygen atoms in total. The minimum atomic E-state index is -0.458. The molecule has 4 aromatic rings. The van der Waals surface area contributed by atoms with Crippen LogP contribution in [0.15, 0.2) is 45.3 Å². The summed E-state index contributed by atoms with van der Waals surface area (Å²) in [5.74, 6) is -0.152. The number of carbonyl (C=O) groups is 1. The summed E-state index contributed by atoms with van der Waals surface area (Å²) in [7, 11) is 0. The number of thiophene rings is 1. The molecule has 150 valence electrons. The Bertz CT molecular complexity index is 1320. The minimum Gasteiger partial charge on any atom is -0.324 e. The van der Waals surface area contributed by atoms with Crippen molar-refractivity contribution >= 4 is 50.5 Å². The fourth-order valence-corrected chi connectivity index (χ4v) is 4.07. The third kappa shape index (κ3) is 3.58. The minimum absolute atomic E-state index is 0.168. The van der Waals surface area contributed by atoms with Crippen molar-refractivity contribution in [2.45, 2.75) is 32.9 Å². The molecular formula is C19H18ClN5O3S. The summed E-state index contributed by atoms with van der Waals surface area (Å²) >= 11 is 7.14. The molecule has 10 heteroatoms. The van der Waals surface area contributed by atoms with E-state index in [0.29, 0.717) is 27.5 Å². The molecule has 0 aliphatic rings. The Morgan fingerprint density at radius 1 is 1.21 bits per heavy atom. The van der Waals surface area contributed by atoms with E-state index in [1.807, 2.05) is 6.92 Å². The first-order chi connectivity index (χ1) is 14.0. The van der Waals surface area contributed by atoms with Gasteiger partial charge in [0.1, 0.15) is 11.2 Å². The first kappa shape index (κ1) is 19.4. The lowest BCUT2D eigenvalue weighted by molar-refractivity contribution is -0.117. The molecule has 0 saturated carbocycles. The molecule has 1 amide bonds. The standard InChI is InChI=1S/C19H18ClN5O3S/c1-2-3-9-23-17(27)16-14(8-10-29-16)25-18(23)22-24(19(25)28)11-15(26)21-13-6-4-12(20)5-7-13/h4-8,10H,2-3,9,11H2,1H3,(H,21,26). The summed E-state index contributed by atoms with van der Waals surface area (Å²) in [6.07, 6.45) is 1.68. The molecule has 0 aliphatic heterocycles. The number of nitrogens with zero attached hydrogens (tertiary/aromatic N) is 4. The Kier molecular flexibility index (Phi) is 5.25. The summed E-state index contributed by atoms with van der Waals surface area (Å²) in [5.41, 5.74) is 0.451. The van der Waals surface area contributed by atoms with Gasteiger partial charge in [0.15, 0.2) is 0 Å². The fraction of sp³-hybridized carbons (Fsp3) is 0.263. The quantitative estimate of drug-likeness (QED) is 0.508. The molecule has 0 unspecified atom stereocenters. The highest BCUT2D eigenvalue weighted by atomic mass is 35.5. The van der Waals surface area contributed by atoms with E-state index in [1.165, 1.54) is 20.3 Å². The van der Waals surface area contributed by atoms with Gasteiger partial charge in [0.05, 0.1) is 5.52 Å². The number of halogens is 1. The maximum absolute atomic E-state index is 13.0. The number of carbonyl (C=O) groups excluding carboxylic acids is 1. The first-order valence-electron chi connectivity index (χ1n) is 9.14. The molecule has 1 aromatic carbocycles. The molecule has 0 radical (unpaired) electrons. The molecule has 0 bridgehead atoms. The van der Waals surface area contributed by atoms with Crippen molar-refractivity contribution in [2.75, 3.05) is 5.32 Å². The van der Waals surface area contributed by atoms with E-state index in [2.05, 4.69) is 10.4 Å². The molecule has 3 heterocycles. The third-order valence-corrected chi connectivity index (χ3v) is 5.69. The van der Waals surface area contributed by atoms with Gasteiger partial charge in [-0.2, -0.15) is 0 Å². The van der Waals surface area contributed by atoms with Crippen molar-refractivity contribution in [1.82, 2.24) is 18.7 Å². The Balaban J connectivity index is 1.75.